The van der Waals surface area contributed by atoms with Gasteiger partial charge < -0.3 is 15.5 Å². The summed E-state index contributed by atoms with van der Waals surface area (Å²) in [4.78, 5) is 21.9. The lowest BCUT2D eigenvalue weighted by Gasteiger charge is -2.20. The molecule has 3 aromatic rings. The van der Waals surface area contributed by atoms with Gasteiger partial charge in [0, 0.05) is 33.8 Å². The van der Waals surface area contributed by atoms with E-state index >= 15 is 0 Å². The van der Waals surface area contributed by atoms with E-state index in [0.29, 0.717) is 22.4 Å². The molecule has 0 saturated heterocycles. The van der Waals surface area contributed by atoms with Crippen molar-refractivity contribution in [2.75, 3.05) is 0 Å². The number of nitrogens with one attached hydrogen (secondary N) is 2. The molecule has 4 rings (SSSR count). The van der Waals surface area contributed by atoms with Crippen molar-refractivity contribution in [3.8, 4) is 5.75 Å². The molecular formula is C29H36ClN5O2. The molecule has 1 aromatic carbocycles. The lowest BCUT2D eigenvalue weighted by Crippen LogP contribution is -2.29. The van der Waals surface area contributed by atoms with Crippen LogP contribution in [-0.2, 0) is 11.4 Å². The Bertz CT molecular complexity index is 1360. The Kier molecular flexibility index (Phi) is 8.05. The topological polar surface area (TPSA) is 102 Å². The number of nitrogens with zero attached hydrogens (tertiary/aromatic N) is 2. The Morgan fingerprint density at radius 3 is 2.51 bits per heavy atom. The molecule has 0 bridgehead atoms. The molecule has 37 heavy (non-hydrogen) atoms. The standard InChI is InChI=1S/C29H36ClN5O2/c1-15(2)18(5)26(35-31)22-12-16(3)33-28-21(22)8-7-9-25(28)37-14-23-24(30)13-17(4)32-27(23)19(6)34-29(36)20-10-11-20/h7-9,12-13,15,19-20,35H,10-11,14,31H2,1-6H3,(H,34,36)/b26-18-. The summed E-state index contributed by atoms with van der Waals surface area (Å²) in [6.07, 6.45) is 1.89. The van der Waals surface area contributed by atoms with Gasteiger partial charge in [-0.25, -0.2) is 4.98 Å². The smallest absolute Gasteiger partial charge is 0.223 e. The van der Waals surface area contributed by atoms with E-state index in [1.54, 1.807) is 0 Å². The number of benzene rings is 1. The maximum absolute atomic E-state index is 12.4. The average Bonchev–Trinajstić information content (AvgIpc) is 3.69. The third-order valence-electron chi connectivity index (χ3n) is 6.92. The number of ether oxygens (including phenoxy) is 1. The minimum atomic E-state index is -0.286. The molecule has 1 amide bonds. The van der Waals surface area contributed by atoms with E-state index in [1.807, 2.05) is 51.1 Å². The lowest BCUT2D eigenvalue weighted by atomic mass is 9.96. The second-order valence-corrected chi connectivity index (χ2v) is 10.6. The minimum Gasteiger partial charge on any atom is -0.486 e. The second kappa shape index (κ2) is 11.1. The fraction of sp³-hybridized carbons (Fsp3) is 0.414. The molecule has 2 aromatic heterocycles. The molecule has 8 heteroatoms. The molecule has 0 spiro atoms. The van der Waals surface area contributed by atoms with Gasteiger partial charge in [0.15, 0.2) is 0 Å². The Morgan fingerprint density at radius 1 is 1.16 bits per heavy atom. The molecule has 7 nitrogen and oxygen atoms in total. The van der Waals surface area contributed by atoms with E-state index < -0.39 is 0 Å². The summed E-state index contributed by atoms with van der Waals surface area (Å²) < 4.78 is 6.35. The van der Waals surface area contributed by atoms with Gasteiger partial charge >= 0.3 is 0 Å². The van der Waals surface area contributed by atoms with Crippen molar-refractivity contribution >= 4 is 34.1 Å². The number of carbonyl (C=O) groups excluding carboxylic acids is 1. The number of halogens is 1. The molecule has 2 heterocycles. The summed E-state index contributed by atoms with van der Waals surface area (Å²) in [7, 11) is 0. The Labute approximate surface area is 223 Å². The number of hydrazine groups is 1. The van der Waals surface area contributed by atoms with Crippen LogP contribution in [0.3, 0.4) is 0 Å². The number of hydrogen-bond donors (Lipinski definition) is 3. The highest BCUT2D eigenvalue weighted by molar-refractivity contribution is 6.31. The van der Waals surface area contributed by atoms with Gasteiger partial charge in [0.1, 0.15) is 17.9 Å². The molecule has 0 aliphatic heterocycles. The van der Waals surface area contributed by atoms with Crippen LogP contribution >= 0.6 is 11.6 Å². The first kappa shape index (κ1) is 26.9. The maximum atomic E-state index is 12.4. The Hall–Kier alpha value is -3.16. The number of para-hydroxylation sites is 1. The number of allylic oxidation sites excluding steroid dienone is 1. The Morgan fingerprint density at radius 2 is 1.86 bits per heavy atom. The monoisotopic (exact) mass is 521 g/mol. The largest absolute Gasteiger partial charge is 0.486 e. The Balaban J connectivity index is 1.71. The van der Waals surface area contributed by atoms with Gasteiger partial charge in [-0.05, 0) is 70.2 Å². The van der Waals surface area contributed by atoms with Crippen molar-refractivity contribution in [2.24, 2.45) is 17.7 Å². The van der Waals surface area contributed by atoms with Crippen LogP contribution in [0.5, 0.6) is 5.75 Å². The summed E-state index contributed by atoms with van der Waals surface area (Å²) in [5.41, 5.74) is 9.79. The number of aromatic nitrogens is 2. The van der Waals surface area contributed by atoms with Crippen LogP contribution in [-0.4, -0.2) is 15.9 Å². The van der Waals surface area contributed by atoms with Crippen LogP contribution in [0.25, 0.3) is 16.6 Å². The zero-order chi connectivity index (χ0) is 26.9. The number of hydrogen-bond acceptors (Lipinski definition) is 6. The van der Waals surface area contributed by atoms with E-state index in [0.717, 1.165) is 57.5 Å². The molecule has 196 valence electrons. The van der Waals surface area contributed by atoms with Crippen LogP contribution in [0.2, 0.25) is 5.02 Å². The van der Waals surface area contributed by atoms with E-state index in [2.05, 4.69) is 31.5 Å². The third-order valence-corrected chi connectivity index (χ3v) is 7.26. The first-order chi connectivity index (χ1) is 17.6. The van der Waals surface area contributed by atoms with E-state index in [4.69, 9.17) is 32.1 Å². The van der Waals surface area contributed by atoms with Crippen LogP contribution in [0.15, 0.2) is 35.9 Å². The van der Waals surface area contributed by atoms with Crippen LogP contribution in [0.1, 0.15) is 74.8 Å². The first-order valence-electron chi connectivity index (χ1n) is 12.8. The van der Waals surface area contributed by atoms with Gasteiger partial charge in [-0.2, -0.15) is 0 Å². The number of carbonyl (C=O) groups is 1. The van der Waals surface area contributed by atoms with Gasteiger partial charge in [0.05, 0.1) is 22.5 Å². The predicted octanol–water partition coefficient (Wildman–Crippen LogP) is 5.92. The number of fused-ring (bicyclic) bond motifs is 1. The molecular weight excluding hydrogens is 486 g/mol. The average molecular weight is 522 g/mol. The summed E-state index contributed by atoms with van der Waals surface area (Å²) in [5, 5.41) is 4.58. The zero-order valence-corrected chi connectivity index (χ0v) is 23.2. The minimum absolute atomic E-state index is 0.0640. The summed E-state index contributed by atoms with van der Waals surface area (Å²) in [5.74, 6) is 7.12. The fourth-order valence-electron chi connectivity index (χ4n) is 4.44. The highest BCUT2D eigenvalue weighted by Gasteiger charge is 2.31. The van der Waals surface area contributed by atoms with Crippen molar-refractivity contribution in [3.63, 3.8) is 0 Å². The van der Waals surface area contributed by atoms with Gasteiger partial charge in [-0.1, -0.05) is 37.6 Å². The second-order valence-electron chi connectivity index (χ2n) is 10.2. The van der Waals surface area contributed by atoms with Gasteiger partial charge in [0.2, 0.25) is 5.91 Å². The maximum Gasteiger partial charge on any atom is 0.223 e. The van der Waals surface area contributed by atoms with Crippen molar-refractivity contribution < 1.29 is 9.53 Å². The van der Waals surface area contributed by atoms with Crippen LogP contribution in [0, 0.1) is 25.7 Å². The van der Waals surface area contributed by atoms with Crippen LogP contribution in [0.4, 0.5) is 0 Å². The van der Waals surface area contributed by atoms with E-state index in [1.165, 1.54) is 0 Å². The van der Waals surface area contributed by atoms with E-state index in [-0.39, 0.29) is 24.5 Å². The first-order valence-corrected chi connectivity index (χ1v) is 13.2. The number of aryl methyl sites for hydroxylation is 2. The predicted molar refractivity (Wildman–Crippen MR) is 149 cm³/mol. The van der Waals surface area contributed by atoms with Crippen molar-refractivity contribution in [1.82, 2.24) is 20.7 Å². The van der Waals surface area contributed by atoms with Crippen molar-refractivity contribution in [1.29, 1.82) is 0 Å². The molecule has 1 aliphatic carbocycles. The third kappa shape index (κ3) is 5.89. The zero-order valence-electron chi connectivity index (χ0n) is 22.4. The highest BCUT2D eigenvalue weighted by atomic mass is 35.5. The van der Waals surface area contributed by atoms with Gasteiger partial charge in [-0.3, -0.25) is 15.6 Å². The highest BCUT2D eigenvalue weighted by Crippen LogP contribution is 2.34. The summed E-state index contributed by atoms with van der Waals surface area (Å²) in [6, 6.07) is 9.45. The number of amides is 1. The van der Waals surface area contributed by atoms with Crippen molar-refractivity contribution in [2.45, 2.75) is 67.0 Å². The normalized spacial score (nSPS) is 14.9. The number of pyridine rings is 2. The fourth-order valence-corrected chi connectivity index (χ4v) is 4.75. The number of rotatable bonds is 9. The summed E-state index contributed by atoms with van der Waals surface area (Å²) >= 11 is 6.67. The SMILES string of the molecule is C/C(=C(/NN)c1cc(C)nc2c(OCc3c(Cl)cc(C)nc3C(C)NC(=O)C3CC3)cccc12)C(C)C. The molecule has 1 unspecified atom stereocenters. The van der Waals surface area contributed by atoms with Crippen molar-refractivity contribution in [3.05, 3.63) is 69.1 Å². The van der Waals surface area contributed by atoms with E-state index in [9.17, 15) is 4.79 Å². The molecule has 1 saturated carbocycles. The van der Waals surface area contributed by atoms with Crippen LogP contribution < -0.4 is 21.3 Å². The molecule has 1 aliphatic rings. The molecule has 1 fully saturated rings. The quantitative estimate of drug-likeness (QED) is 0.239. The van der Waals surface area contributed by atoms with Gasteiger partial charge in [0.25, 0.3) is 0 Å². The van der Waals surface area contributed by atoms with Gasteiger partial charge in [-0.15, -0.1) is 0 Å². The molecule has 0 radical (unpaired) electrons. The molecule has 1 atom stereocenters. The summed E-state index contributed by atoms with van der Waals surface area (Å²) in [6.45, 7) is 12.3. The number of nitrogens with two attached hydrogens (primary N) is 1. The lowest BCUT2D eigenvalue weighted by molar-refractivity contribution is -0.122. The molecule has 4 N–H and O–H groups in total.